The summed E-state index contributed by atoms with van der Waals surface area (Å²) in [5.74, 6) is -0.382. The molecule has 3 amide bonds. The van der Waals surface area contributed by atoms with Gasteiger partial charge in [-0.15, -0.1) is 0 Å². The molecule has 1 aliphatic rings. The van der Waals surface area contributed by atoms with Crippen LogP contribution in [0, 0.1) is 0 Å². The Morgan fingerprint density at radius 2 is 2.08 bits per heavy atom. The first-order chi connectivity index (χ1) is 12.6. The number of rotatable bonds is 7. The number of fused-ring (bicyclic) bond motifs is 1. The number of carbonyl (C=O) groups excluding carboxylic acids is 2. The second-order valence-corrected chi connectivity index (χ2v) is 7.25. The van der Waals surface area contributed by atoms with Crippen LogP contribution in [0.2, 0.25) is 0 Å². The largest absolute Gasteiger partial charge is 0.335 e. The van der Waals surface area contributed by atoms with Crippen LogP contribution in [0.1, 0.15) is 32.6 Å². The molecule has 8 heteroatoms. The molecule has 1 aliphatic carbocycles. The number of amides is 3. The van der Waals surface area contributed by atoms with Gasteiger partial charge in [0.25, 0.3) is 5.56 Å². The average molecular weight is 374 g/mol. The van der Waals surface area contributed by atoms with Gasteiger partial charge in [0.15, 0.2) is 5.16 Å². The zero-order chi connectivity index (χ0) is 18.5. The van der Waals surface area contributed by atoms with Crippen LogP contribution in [0.3, 0.4) is 0 Å². The van der Waals surface area contributed by atoms with Gasteiger partial charge in [0.1, 0.15) is 0 Å². The smallest absolute Gasteiger partial charge is 0.321 e. The molecule has 0 atom stereocenters. The van der Waals surface area contributed by atoms with Crippen molar-refractivity contribution < 1.29 is 9.59 Å². The molecule has 1 fully saturated rings. The lowest BCUT2D eigenvalue weighted by molar-refractivity contribution is -0.117. The Morgan fingerprint density at radius 1 is 1.31 bits per heavy atom. The number of hydrogen-bond acceptors (Lipinski definition) is 5. The summed E-state index contributed by atoms with van der Waals surface area (Å²) in [5.41, 5.74) is 0.512. The number of aromatic nitrogens is 2. The molecule has 0 radical (unpaired) electrons. The lowest BCUT2D eigenvalue weighted by Gasteiger charge is -2.12. The van der Waals surface area contributed by atoms with Crippen LogP contribution in [0.4, 0.5) is 4.79 Å². The maximum Gasteiger partial charge on any atom is 0.321 e. The van der Waals surface area contributed by atoms with Gasteiger partial charge in [-0.1, -0.05) is 37.2 Å². The molecule has 3 rings (SSSR count). The van der Waals surface area contributed by atoms with Gasteiger partial charge in [-0.05, 0) is 31.4 Å². The predicted molar refractivity (Wildman–Crippen MR) is 101 cm³/mol. The number of carbonyl (C=O) groups is 2. The molecule has 138 valence electrons. The fourth-order valence-corrected chi connectivity index (χ4v) is 3.34. The number of para-hydroxylation sites is 1. The zero-order valence-electron chi connectivity index (χ0n) is 14.7. The maximum absolute atomic E-state index is 12.8. The first-order valence-electron chi connectivity index (χ1n) is 8.81. The number of unbranched alkanes of at least 4 members (excludes halogenated alkanes) is 1. The number of nitrogens with zero attached hydrogens (tertiary/aromatic N) is 2. The molecule has 2 aromatic rings. The van der Waals surface area contributed by atoms with E-state index in [1.54, 1.807) is 16.7 Å². The minimum Gasteiger partial charge on any atom is -0.335 e. The summed E-state index contributed by atoms with van der Waals surface area (Å²) in [7, 11) is 0. The highest BCUT2D eigenvalue weighted by Gasteiger charge is 2.24. The van der Waals surface area contributed by atoms with E-state index in [1.165, 1.54) is 11.8 Å². The maximum atomic E-state index is 12.8. The highest BCUT2D eigenvalue weighted by molar-refractivity contribution is 7.99. The second-order valence-electron chi connectivity index (χ2n) is 6.31. The molecule has 0 unspecified atom stereocenters. The number of hydrogen-bond donors (Lipinski definition) is 2. The molecule has 7 nitrogen and oxygen atoms in total. The number of nitrogens with one attached hydrogen (secondary N) is 2. The SMILES string of the molecule is CCCCn1c(SCC(=O)NC(=O)NC2CC2)nc2ccccc2c1=O. The molecular weight excluding hydrogens is 352 g/mol. The molecule has 1 aromatic carbocycles. The third kappa shape index (κ3) is 4.63. The van der Waals surface area contributed by atoms with Crippen molar-refractivity contribution in [3.63, 3.8) is 0 Å². The van der Waals surface area contributed by atoms with Crippen molar-refractivity contribution in [1.82, 2.24) is 20.2 Å². The van der Waals surface area contributed by atoms with Crippen LogP contribution < -0.4 is 16.2 Å². The van der Waals surface area contributed by atoms with E-state index >= 15 is 0 Å². The Morgan fingerprint density at radius 3 is 2.81 bits per heavy atom. The summed E-state index contributed by atoms with van der Waals surface area (Å²) >= 11 is 1.17. The fourth-order valence-electron chi connectivity index (χ4n) is 2.51. The van der Waals surface area contributed by atoms with Crippen molar-refractivity contribution in [2.75, 3.05) is 5.75 Å². The molecule has 0 bridgehead atoms. The van der Waals surface area contributed by atoms with Crippen LogP contribution >= 0.6 is 11.8 Å². The Kier molecular flexibility index (Phi) is 5.92. The lowest BCUT2D eigenvalue weighted by atomic mass is 10.2. The van der Waals surface area contributed by atoms with E-state index in [2.05, 4.69) is 22.5 Å². The molecule has 1 aromatic heterocycles. The summed E-state index contributed by atoms with van der Waals surface area (Å²) < 4.78 is 1.62. The van der Waals surface area contributed by atoms with Crippen molar-refractivity contribution in [1.29, 1.82) is 0 Å². The zero-order valence-corrected chi connectivity index (χ0v) is 15.5. The van der Waals surface area contributed by atoms with E-state index in [4.69, 9.17) is 0 Å². The fraction of sp³-hybridized carbons (Fsp3) is 0.444. The summed E-state index contributed by atoms with van der Waals surface area (Å²) in [4.78, 5) is 40.9. The second kappa shape index (κ2) is 8.35. The number of urea groups is 1. The first-order valence-corrected chi connectivity index (χ1v) is 9.79. The van der Waals surface area contributed by atoms with Crippen LogP contribution in [0.25, 0.3) is 10.9 Å². The third-order valence-corrected chi connectivity index (χ3v) is 5.04. The first kappa shape index (κ1) is 18.4. The number of thioether (sulfide) groups is 1. The monoisotopic (exact) mass is 374 g/mol. The average Bonchev–Trinajstić information content (AvgIpc) is 3.43. The Hall–Kier alpha value is -2.35. The minimum atomic E-state index is -0.465. The van der Waals surface area contributed by atoms with Gasteiger partial charge < -0.3 is 5.32 Å². The highest BCUT2D eigenvalue weighted by atomic mass is 32.2. The van der Waals surface area contributed by atoms with Gasteiger partial charge in [0, 0.05) is 12.6 Å². The van der Waals surface area contributed by atoms with E-state index in [0.717, 1.165) is 25.7 Å². The van der Waals surface area contributed by atoms with Gasteiger partial charge in [-0.2, -0.15) is 0 Å². The van der Waals surface area contributed by atoms with Crippen molar-refractivity contribution >= 4 is 34.6 Å². The van der Waals surface area contributed by atoms with Crippen molar-refractivity contribution in [2.24, 2.45) is 0 Å². The summed E-state index contributed by atoms with van der Waals surface area (Å²) in [6.07, 6.45) is 3.72. The highest BCUT2D eigenvalue weighted by Crippen LogP contribution is 2.19. The third-order valence-electron chi connectivity index (χ3n) is 4.06. The quantitative estimate of drug-likeness (QED) is 0.573. The van der Waals surface area contributed by atoms with Gasteiger partial charge in [0.05, 0.1) is 16.7 Å². The van der Waals surface area contributed by atoms with E-state index in [1.807, 2.05) is 12.1 Å². The van der Waals surface area contributed by atoms with Crippen molar-refractivity contribution in [3.8, 4) is 0 Å². The van der Waals surface area contributed by atoms with Crippen LogP contribution in [0.5, 0.6) is 0 Å². The molecule has 1 saturated carbocycles. The normalized spacial score (nSPS) is 13.6. The molecule has 0 saturated heterocycles. The molecular formula is C18H22N4O3S. The summed E-state index contributed by atoms with van der Waals surface area (Å²) in [6.45, 7) is 2.61. The predicted octanol–water partition coefficient (Wildman–Crippen LogP) is 2.28. The lowest BCUT2D eigenvalue weighted by Crippen LogP contribution is -2.41. The van der Waals surface area contributed by atoms with Crippen LogP contribution in [-0.2, 0) is 11.3 Å². The summed E-state index contributed by atoms with van der Waals surface area (Å²) in [5, 5.41) is 6.09. The topological polar surface area (TPSA) is 93.1 Å². The summed E-state index contributed by atoms with van der Waals surface area (Å²) in [6, 6.07) is 6.91. The van der Waals surface area contributed by atoms with Gasteiger partial charge in [0.2, 0.25) is 5.91 Å². The molecule has 1 heterocycles. The molecule has 0 spiro atoms. The van der Waals surface area contributed by atoms with Crippen LogP contribution in [0.15, 0.2) is 34.2 Å². The van der Waals surface area contributed by atoms with Gasteiger partial charge >= 0.3 is 6.03 Å². The van der Waals surface area contributed by atoms with E-state index in [0.29, 0.717) is 22.6 Å². The van der Waals surface area contributed by atoms with Crippen LogP contribution in [-0.4, -0.2) is 33.3 Å². The Balaban J connectivity index is 1.73. The Bertz CT molecular complexity index is 876. The molecule has 0 aliphatic heterocycles. The molecule has 2 N–H and O–H groups in total. The van der Waals surface area contributed by atoms with Crippen molar-refractivity contribution in [3.05, 3.63) is 34.6 Å². The molecule has 26 heavy (non-hydrogen) atoms. The van der Waals surface area contributed by atoms with E-state index < -0.39 is 11.9 Å². The van der Waals surface area contributed by atoms with E-state index in [-0.39, 0.29) is 17.4 Å². The minimum absolute atomic E-state index is 0.0228. The van der Waals surface area contributed by atoms with Gasteiger partial charge in [-0.3, -0.25) is 19.5 Å². The van der Waals surface area contributed by atoms with E-state index in [9.17, 15) is 14.4 Å². The number of imide groups is 1. The number of benzene rings is 1. The van der Waals surface area contributed by atoms with Crippen molar-refractivity contribution in [2.45, 2.75) is 50.4 Å². The van der Waals surface area contributed by atoms with Gasteiger partial charge in [-0.25, -0.2) is 9.78 Å². The Labute approximate surface area is 155 Å². The standard InChI is InChI=1S/C18H22N4O3S/c1-2-3-10-22-16(24)13-6-4-5-7-14(13)20-18(22)26-11-15(23)21-17(25)19-12-8-9-12/h4-7,12H,2-3,8-11H2,1H3,(H2,19,21,23,25).